The summed E-state index contributed by atoms with van der Waals surface area (Å²) in [7, 11) is -3.80. The van der Waals surface area contributed by atoms with Crippen LogP contribution >= 0.6 is 11.6 Å². The molecule has 6 nitrogen and oxygen atoms in total. The number of rotatable bonds is 4. The van der Waals surface area contributed by atoms with Crippen LogP contribution in [-0.2, 0) is 10.0 Å². The van der Waals surface area contributed by atoms with E-state index in [4.69, 9.17) is 11.6 Å². The highest BCUT2D eigenvalue weighted by atomic mass is 35.5. The zero-order chi connectivity index (χ0) is 17.3. The van der Waals surface area contributed by atoms with Crippen molar-refractivity contribution < 1.29 is 12.8 Å². The fraction of sp³-hybridized carbons (Fsp3) is 0.400. The van der Waals surface area contributed by atoms with Crippen molar-refractivity contribution in [2.24, 2.45) is 0 Å². The van der Waals surface area contributed by atoms with Gasteiger partial charge in [-0.2, -0.15) is 4.31 Å². The summed E-state index contributed by atoms with van der Waals surface area (Å²) in [4.78, 5) is 9.40. The first kappa shape index (κ1) is 17.3. The van der Waals surface area contributed by atoms with Gasteiger partial charge >= 0.3 is 0 Å². The van der Waals surface area contributed by atoms with Gasteiger partial charge in [0.15, 0.2) is 0 Å². The molecule has 1 fully saturated rings. The first-order valence-electron chi connectivity index (χ1n) is 7.62. The zero-order valence-electron chi connectivity index (χ0n) is 13.1. The van der Waals surface area contributed by atoms with Crippen molar-refractivity contribution >= 4 is 21.6 Å². The van der Waals surface area contributed by atoms with E-state index in [1.165, 1.54) is 10.4 Å². The molecule has 1 aromatic heterocycles. The highest BCUT2D eigenvalue weighted by Gasteiger charge is 2.36. The molecule has 2 heterocycles. The second-order valence-corrected chi connectivity index (χ2v) is 7.87. The van der Waals surface area contributed by atoms with Gasteiger partial charge in [-0.3, -0.25) is 4.90 Å². The molecule has 1 aliphatic rings. The third kappa shape index (κ3) is 3.19. The second-order valence-electron chi connectivity index (χ2n) is 5.56. The van der Waals surface area contributed by atoms with Crippen LogP contribution in [0.5, 0.6) is 0 Å². The number of hydrogen-bond acceptors (Lipinski definition) is 4. The van der Waals surface area contributed by atoms with Crippen molar-refractivity contribution in [2.45, 2.75) is 17.9 Å². The van der Waals surface area contributed by atoms with Gasteiger partial charge in [-0.25, -0.2) is 17.8 Å². The van der Waals surface area contributed by atoms with Gasteiger partial charge in [-0.15, -0.1) is 0 Å². The first-order chi connectivity index (χ1) is 11.4. The summed E-state index contributed by atoms with van der Waals surface area (Å²) in [5.41, 5.74) is 0. The minimum atomic E-state index is -3.80. The number of nitrogens with zero attached hydrogens (tertiary/aromatic N) is 3. The summed E-state index contributed by atoms with van der Waals surface area (Å²) in [6.45, 7) is 4.01. The third-order valence-corrected chi connectivity index (χ3v) is 6.55. The molecule has 1 saturated heterocycles. The summed E-state index contributed by atoms with van der Waals surface area (Å²) in [6.07, 6.45) is 3.36. The van der Waals surface area contributed by atoms with Crippen LogP contribution in [0.3, 0.4) is 0 Å². The SMILES string of the molecule is CCN1CCN(S(=O)(=O)c2ccc(F)cc2Cl)CC1c1ncc[nH]1. The lowest BCUT2D eigenvalue weighted by atomic mass is 10.2. The van der Waals surface area contributed by atoms with E-state index in [-0.39, 0.29) is 22.5 Å². The number of benzene rings is 1. The van der Waals surface area contributed by atoms with E-state index in [1.807, 2.05) is 6.92 Å². The quantitative estimate of drug-likeness (QED) is 0.893. The highest BCUT2D eigenvalue weighted by Crippen LogP contribution is 2.30. The van der Waals surface area contributed by atoms with Gasteiger partial charge in [0.25, 0.3) is 0 Å². The second kappa shape index (κ2) is 6.79. The summed E-state index contributed by atoms with van der Waals surface area (Å²) in [5.74, 6) is 0.158. The Hall–Kier alpha value is -1.48. The van der Waals surface area contributed by atoms with Crippen molar-refractivity contribution in [2.75, 3.05) is 26.2 Å². The molecule has 3 rings (SSSR count). The number of sulfonamides is 1. The average molecular weight is 373 g/mol. The van der Waals surface area contributed by atoms with Crippen molar-refractivity contribution in [3.05, 3.63) is 47.3 Å². The van der Waals surface area contributed by atoms with Gasteiger partial charge in [0, 0.05) is 32.0 Å². The van der Waals surface area contributed by atoms with Crippen LogP contribution in [0.15, 0.2) is 35.5 Å². The fourth-order valence-corrected chi connectivity index (χ4v) is 4.88. The maximum absolute atomic E-state index is 13.2. The van der Waals surface area contributed by atoms with Crippen LogP contribution in [0.1, 0.15) is 18.8 Å². The van der Waals surface area contributed by atoms with Crippen LogP contribution in [0.25, 0.3) is 0 Å². The summed E-state index contributed by atoms with van der Waals surface area (Å²) in [6, 6.07) is 3.17. The smallest absolute Gasteiger partial charge is 0.244 e. The lowest BCUT2D eigenvalue weighted by Gasteiger charge is -2.39. The van der Waals surface area contributed by atoms with Gasteiger partial charge in [0.05, 0.1) is 11.1 Å². The van der Waals surface area contributed by atoms with Crippen molar-refractivity contribution in [3.8, 4) is 0 Å². The number of aromatic amines is 1. The Morgan fingerprint density at radius 1 is 1.42 bits per heavy atom. The molecule has 1 aliphatic heterocycles. The van der Waals surface area contributed by atoms with E-state index in [0.29, 0.717) is 13.1 Å². The Labute approximate surface area is 145 Å². The van der Waals surface area contributed by atoms with Crippen LogP contribution in [0, 0.1) is 5.82 Å². The number of imidazole rings is 1. The summed E-state index contributed by atoms with van der Waals surface area (Å²) >= 11 is 5.95. The minimum absolute atomic E-state index is 0.0753. The Morgan fingerprint density at radius 2 is 2.21 bits per heavy atom. The normalized spacial score (nSPS) is 20.4. The van der Waals surface area contributed by atoms with Gasteiger partial charge in [0.1, 0.15) is 16.5 Å². The van der Waals surface area contributed by atoms with Crippen molar-refractivity contribution in [1.29, 1.82) is 0 Å². The maximum Gasteiger partial charge on any atom is 0.244 e. The molecule has 0 radical (unpaired) electrons. The Balaban J connectivity index is 1.91. The highest BCUT2D eigenvalue weighted by molar-refractivity contribution is 7.89. The summed E-state index contributed by atoms with van der Waals surface area (Å²) < 4.78 is 40.4. The molecular weight excluding hydrogens is 355 g/mol. The molecule has 1 atom stereocenters. The Morgan fingerprint density at radius 3 is 2.83 bits per heavy atom. The molecule has 1 unspecified atom stereocenters. The molecule has 0 bridgehead atoms. The Bertz CT molecular complexity index is 813. The minimum Gasteiger partial charge on any atom is -0.347 e. The largest absolute Gasteiger partial charge is 0.347 e. The van der Waals surface area contributed by atoms with Crippen LogP contribution in [-0.4, -0.2) is 53.8 Å². The van der Waals surface area contributed by atoms with Gasteiger partial charge in [0.2, 0.25) is 10.0 Å². The number of aromatic nitrogens is 2. The fourth-order valence-electron chi connectivity index (χ4n) is 2.93. The topological polar surface area (TPSA) is 69.3 Å². The lowest BCUT2D eigenvalue weighted by molar-refractivity contribution is 0.119. The standard InChI is InChI=1S/C15H18ClFN4O2S/c1-2-20-7-8-21(10-13(20)15-18-5-6-19-15)24(22,23)14-4-3-11(17)9-12(14)16/h3-6,9,13H,2,7-8,10H2,1H3,(H,18,19). The zero-order valence-corrected chi connectivity index (χ0v) is 14.7. The van der Waals surface area contributed by atoms with Crippen LogP contribution < -0.4 is 0 Å². The van der Waals surface area contributed by atoms with Gasteiger partial charge < -0.3 is 4.98 Å². The Kier molecular flexibility index (Phi) is 4.91. The first-order valence-corrected chi connectivity index (χ1v) is 9.44. The summed E-state index contributed by atoms with van der Waals surface area (Å²) in [5, 5.41) is -0.109. The molecule has 2 aromatic rings. The number of piperazine rings is 1. The maximum atomic E-state index is 13.2. The van der Waals surface area contributed by atoms with Crippen LogP contribution in [0.4, 0.5) is 4.39 Å². The molecule has 1 aromatic carbocycles. The monoisotopic (exact) mass is 372 g/mol. The number of nitrogens with one attached hydrogen (secondary N) is 1. The molecule has 0 spiro atoms. The number of H-pyrrole nitrogens is 1. The molecule has 24 heavy (non-hydrogen) atoms. The van der Waals surface area contributed by atoms with Crippen molar-refractivity contribution in [1.82, 2.24) is 19.2 Å². The van der Waals surface area contributed by atoms with E-state index in [2.05, 4.69) is 14.9 Å². The average Bonchev–Trinajstić information content (AvgIpc) is 3.08. The van der Waals surface area contributed by atoms with Gasteiger partial charge in [-0.1, -0.05) is 18.5 Å². The molecule has 1 N–H and O–H groups in total. The predicted octanol–water partition coefficient (Wildman–Crippen LogP) is 2.27. The molecule has 0 aliphatic carbocycles. The van der Waals surface area contributed by atoms with E-state index >= 15 is 0 Å². The van der Waals surface area contributed by atoms with E-state index in [0.717, 1.165) is 24.5 Å². The third-order valence-electron chi connectivity index (χ3n) is 4.21. The van der Waals surface area contributed by atoms with E-state index < -0.39 is 15.8 Å². The number of likely N-dealkylation sites (N-methyl/N-ethyl adjacent to an activating group) is 1. The molecular formula is C15H18ClFN4O2S. The van der Waals surface area contributed by atoms with E-state index in [9.17, 15) is 12.8 Å². The molecule has 130 valence electrons. The molecule has 0 saturated carbocycles. The molecule has 0 amide bonds. The number of hydrogen-bond donors (Lipinski definition) is 1. The van der Waals surface area contributed by atoms with Crippen LogP contribution in [0.2, 0.25) is 5.02 Å². The van der Waals surface area contributed by atoms with Gasteiger partial charge in [-0.05, 0) is 24.7 Å². The predicted molar refractivity (Wildman–Crippen MR) is 88.7 cm³/mol. The van der Waals surface area contributed by atoms with Crippen molar-refractivity contribution in [3.63, 3.8) is 0 Å². The number of halogens is 2. The van der Waals surface area contributed by atoms with E-state index in [1.54, 1.807) is 12.4 Å². The molecule has 9 heteroatoms. The lowest BCUT2D eigenvalue weighted by Crippen LogP contribution is -2.50.